The summed E-state index contributed by atoms with van der Waals surface area (Å²) >= 11 is 5.76. The Balaban J connectivity index is 1.65. The summed E-state index contributed by atoms with van der Waals surface area (Å²) in [7, 11) is 0. The van der Waals surface area contributed by atoms with Crippen molar-refractivity contribution >= 4 is 23.2 Å². The van der Waals surface area contributed by atoms with E-state index in [4.69, 9.17) is 16.3 Å². The normalized spacial score (nSPS) is 18.0. The van der Waals surface area contributed by atoms with E-state index in [2.05, 4.69) is 15.6 Å². The maximum Gasteiger partial charge on any atom is 0.274 e. The molecule has 1 aliphatic rings. The fraction of sp³-hybridized carbons (Fsp3) is 0.250. The largest absolute Gasteiger partial charge is 0.371 e. The molecule has 0 aliphatic carbocycles. The van der Waals surface area contributed by atoms with Crippen molar-refractivity contribution in [3.05, 3.63) is 58.9 Å². The van der Waals surface area contributed by atoms with Crippen LogP contribution in [0.15, 0.2) is 42.6 Å². The Bertz CT molecular complexity index is 637. The van der Waals surface area contributed by atoms with Gasteiger partial charge in [0.1, 0.15) is 5.69 Å². The van der Waals surface area contributed by atoms with E-state index in [0.717, 1.165) is 18.7 Å². The van der Waals surface area contributed by atoms with E-state index in [9.17, 15) is 4.79 Å². The summed E-state index contributed by atoms with van der Waals surface area (Å²) in [6.45, 7) is 2.41. The molecule has 0 radical (unpaired) electrons. The zero-order valence-corrected chi connectivity index (χ0v) is 12.6. The highest BCUT2D eigenvalue weighted by atomic mass is 35.5. The van der Waals surface area contributed by atoms with Crippen LogP contribution in [0.25, 0.3) is 0 Å². The van der Waals surface area contributed by atoms with Crippen LogP contribution in [0.2, 0.25) is 5.02 Å². The summed E-state index contributed by atoms with van der Waals surface area (Å²) in [4.78, 5) is 16.1. The summed E-state index contributed by atoms with van der Waals surface area (Å²) in [6.07, 6.45) is 1.52. The van der Waals surface area contributed by atoms with Gasteiger partial charge in [0.15, 0.2) is 0 Å². The lowest BCUT2D eigenvalue weighted by molar-refractivity contribution is 0.0277. The number of hydrogen-bond donors (Lipinski definition) is 2. The first-order chi connectivity index (χ1) is 10.7. The summed E-state index contributed by atoms with van der Waals surface area (Å²) in [5.74, 6) is -0.264. The van der Waals surface area contributed by atoms with Gasteiger partial charge in [-0.2, -0.15) is 0 Å². The zero-order chi connectivity index (χ0) is 15.4. The van der Waals surface area contributed by atoms with Crippen molar-refractivity contribution in [3.63, 3.8) is 0 Å². The van der Waals surface area contributed by atoms with Crippen molar-refractivity contribution in [2.24, 2.45) is 0 Å². The van der Waals surface area contributed by atoms with Crippen molar-refractivity contribution in [3.8, 4) is 0 Å². The Morgan fingerprint density at radius 1 is 1.27 bits per heavy atom. The molecule has 0 spiro atoms. The summed E-state index contributed by atoms with van der Waals surface area (Å²) < 4.78 is 5.69. The molecule has 2 N–H and O–H groups in total. The second-order valence-electron chi connectivity index (χ2n) is 5.00. The Labute approximate surface area is 133 Å². The van der Waals surface area contributed by atoms with E-state index >= 15 is 0 Å². The minimum Gasteiger partial charge on any atom is -0.371 e. The van der Waals surface area contributed by atoms with Gasteiger partial charge in [0, 0.05) is 25.0 Å². The fourth-order valence-electron chi connectivity index (χ4n) is 2.27. The molecule has 114 valence electrons. The molecule has 1 atom stereocenters. The van der Waals surface area contributed by atoms with Crippen molar-refractivity contribution in [2.75, 3.05) is 25.0 Å². The summed E-state index contributed by atoms with van der Waals surface area (Å²) in [6, 6.07) is 10.9. The van der Waals surface area contributed by atoms with E-state index in [1.54, 1.807) is 12.1 Å². The SMILES string of the molecule is O=C(Nc1ccc([C@@H]2CNCCO2)cc1)c1ccc(Cl)cn1. The molecule has 0 bridgehead atoms. The van der Waals surface area contributed by atoms with Crippen molar-refractivity contribution < 1.29 is 9.53 Å². The Hall–Kier alpha value is -1.95. The lowest BCUT2D eigenvalue weighted by Gasteiger charge is -2.24. The summed E-state index contributed by atoms with van der Waals surface area (Å²) in [5.41, 5.74) is 2.14. The molecule has 0 saturated carbocycles. The van der Waals surface area contributed by atoms with Gasteiger partial charge >= 0.3 is 0 Å². The van der Waals surface area contributed by atoms with E-state index in [1.165, 1.54) is 6.20 Å². The van der Waals surface area contributed by atoms with Gasteiger partial charge < -0.3 is 15.4 Å². The molecule has 5 nitrogen and oxygen atoms in total. The van der Waals surface area contributed by atoms with Crippen LogP contribution >= 0.6 is 11.6 Å². The number of carbonyl (C=O) groups excluding carboxylic acids is 1. The molecule has 0 unspecified atom stereocenters. The molecule has 1 amide bonds. The van der Waals surface area contributed by atoms with Crippen molar-refractivity contribution in [1.82, 2.24) is 10.3 Å². The molecule has 1 aliphatic heterocycles. The highest BCUT2D eigenvalue weighted by Gasteiger charge is 2.15. The Morgan fingerprint density at radius 2 is 2.09 bits per heavy atom. The highest BCUT2D eigenvalue weighted by molar-refractivity contribution is 6.30. The molecule has 3 rings (SSSR count). The number of nitrogens with one attached hydrogen (secondary N) is 2. The topological polar surface area (TPSA) is 63.2 Å². The average Bonchev–Trinajstić information content (AvgIpc) is 2.57. The molecule has 1 saturated heterocycles. The lowest BCUT2D eigenvalue weighted by Crippen LogP contribution is -2.33. The van der Waals surface area contributed by atoms with Crippen LogP contribution in [0.3, 0.4) is 0 Å². The van der Waals surface area contributed by atoms with Crippen LogP contribution in [0.1, 0.15) is 22.2 Å². The van der Waals surface area contributed by atoms with Crippen LogP contribution in [0, 0.1) is 0 Å². The Morgan fingerprint density at radius 3 is 2.73 bits per heavy atom. The number of nitrogens with zero attached hydrogens (tertiary/aromatic N) is 1. The minimum atomic E-state index is -0.264. The first kappa shape index (κ1) is 15.0. The van der Waals surface area contributed by atoms with Gasteiger partial charge in [-0.3, -0.25) is 4.79 Å². The molecule has 1 aromatic carbocycles. The predicted octanol–water partition coefficient (Wildman–Crippen LogP) is 2.65. The number of pyridine rings is 1. The highest BCUT2D eigenvalue weighted by Crippen LogP contribution is 2.21. The fourth-order valence-corrected chi connectivity index (χ4v) is 2.38. The van der Waals surface area contributed by atoms with Gasteiger partial charge in [-0.25, -0.2) is 4.98 Å². The number of hydrogen-bond acceptors (Lipinski definition) is 4. The van der Waals surface area contributed by atoms with Gasteiger partial charge in [-0.15, -0.1) is 0 Å². The smallest absolute Gasteiger partial charge is 0.274 e. The molecule has 1 fully saturated rings. The van der Waals surface area contributed by atoms with Gasteiger partial charge in [0.05, 0.1) is 17.7 Å². The van der Waals surface area contributed by atoms with E-state index in [-0.39, 0.29) is 12.0 Å². The first-order valence-corrected chi connectivity index (χ1v) is 7.45. The number of aromatic nitrogens is 1. The molecule has 6 heteroatoms. The average molecular weight is 318 g/mol. The first-order valence-electron chi connectivity index (χ1n) is 7.07. The lowest BCUT2D eigenvalue weighted by atomic mass is 10.1. The van der Waals surface area contributed by atoms with Crippen LogP contribution in [0.4, 0.5) is 5.69 Å². The van der Waals surface area contributed by atoms with Gasteiger partial charge in [0.2, 0.25) is 0 Å². The number of halogens is 1. The number of rotatable bonds is 3. The van der Waals surface area contributed by atoms with Crippen LogP contribution < -0.4 is 10.6 Å². The third-order valence-corrected chi connectivity index (χ3v) is 3.65. The molecular weight excluding hydrogens is 302 g/mol. The number of anilines is 1. The third kappa shape index (κ3) is 3.62. The van der Waals surface area contributed by atoms with Crippen LogP contribution in [-0.2, 0) is 4.74 Å². The molecule has 1 aromatic heterocycles. The summed E-state index contributed by atoms with van der Waals surface area (Å²) in [5, 5.41) is 6.60. The van der Waals surface area contributed by atoms with Crippen LogP contribution in [0.5, 0.6) is 0 Å². The quantitative estimate of drug-likeness (QED) is 0.913. The molecular formula is C16H16ClN3O2. The second-order valence-corrected chi connectivity index (χ2v) is 5.44. The predicted molar refractivity (Wildman–Crippen MR) is 85.2 cm³/mol. The van der Waals surface area contributed by atoms with Crippen molar-refractivity contribution in [2.45, 2.75) is 6.10 Å². The number of carbonyl (C=O) groups is 1. The van der Waals surface area contributed by atoms with Gasteiger partial charge in [-0.1, -0.05) is 23.7 Å². The number of amides is 1. The standard InChI is InChI=1S/C16H16ClN3O2/c17-12-3-6-14(19-9-12)16(21)20-13-4-1-11(2-5-13)15-10-18-7-8-22-15/h1-6,9,15,18H,7-8,10H2,(H,20,21)/t15-/m0/s1. The zero-order valence-electron chi connectivity index (χ0n) is 11.9. The molecule has 2 aromatic rings. The minimum absolute atomic E-state index is 0.0661. The van der Waals surface area contributed by atoms with Crippen LogP contribution in [-0.4, -0.2) is 30.6 Å². The van der Waals surface area contributed by atoms with Gasteiger partial charge in [-0.05, 0) is 29.8 Å². The third-order valence-electron chi connectivity index (χ3n) is 3.43. The van der Waals surface area contributed by atoms with Crippen molar-refractivity contribution in [1.29, 1.82) is 0 Å². The van der Waals surface area contributed by atoms with E-state index < -0.39 is 0 Å². The number of benzene rings is 1. The molecule has 22 heavy (non-hydrogen) atoms. The Kier molecular flexibility index (Phi) is 4.68. The molecule has 2 heterocycles. The van der Waals surface area contributed by atoms with E-state index in [0.29, 0.717) is 23.0 Å². The van der Waals surface area contributed by atoms with Gasteiger partial charge in [0.25, 0.3) is 5.91 Å². The van der Waals surface area contributed by atoms with E-state index in [1.807, 2.05) is 24.3 Å². The number of morpholine rings is 1. The number of ether oxygens (including phenoxy) is 1. The maximum absolute atomic E-state index is 12.1. The second kappa shape index (κ2) is 6.87. The monoisotopic (exact) mass is 317 g/mol. The maximum atomic E-state index is 12.1.